The van der Waals surface area contributed by atoms with Crippen LogP contribution in [0.15, 0.2) is 60.8 Å². The average molecular weight is 409 g/mol. The van der Waals surface area contributed by atoms with Crippen LogP contribution in [0.2, 0.25) is 0 Å². The number of aryl methyl sites for hydroxylation is 1. The number of fused-ring (bicyclic) bond motifs is 1. The molecule has 4 aromatic rings. The Labute approximate surface area is 170 Å². The van der Waals surface area contributed by atoms with Gasteiger partial charge in [-0.3, -0.25) is 14.7 Å². The van der Waals surface area contributed by atoms with Crippen LogP contribution in [0, 0.1) is 11.6 Å². The Morgan fingerprint density at radius 3 is 2.69 bits per heavy atom. The molecule has 7 heteroatoms. The number of aromatic nitrogens is 2. The van der Waals surface area contributed by atoms with Crippen LogP contribution in [0.25, 0.3) is 10.2 Å². The molecule has 4 rings (SSSR count). The fourth-order valence-corrected chi connectivity index (χ4v) is 4.09. The minimum atomic E-state index is -0.906. The van der Waals surface area contributed by atoms with Gasteiger partial charge in [-0.25, -0.2) is 13.8 Å². The molecule has 2 heterocycles. The molecule has 0 saturated carbocycles. The summed E-state index contributed by atoms with van der Waals surface area (Å²) in [6.07, 6.45) is 2.44. The molecule has 1 amide bonds. The highest BCUT2D eigenvalue weighted by Gasteiger charge is 2.25. The molecule has 0 unspecified atom stereocenters. The Morgan fingerprint density at radius 2 is 1.97 bits per heavy atom. The first-order chi connectivity index (χ1) is 14.1. The number of amides is 1. The minimum Gasteiger partial charge on any atom is -0.278 e. The van der Waals surface area contributed by atoms with Gasteiger partial charge in [0.1, 0.15) is 11.6 Å². The third-order valence-corrected chi connectivity index (χ3v) is 5.60. The predicted octanol–water partition coefficient (Wildman–Crippen LogP) is 5.38. The molecule has 29 heavy (non-hydrogen) atoms. The maximum atomic E-state index is 14.3. The molecular formula is C22H17F2N3OS. The van der Waals surface area contributed by atoms with Crippen LogP contribution in [0.5, 0.6) is 0 Å². The first kappa shape index (κ1) is 19.1. The van der Waals surface area contributed by atoms with Crippen molar-refractivity contribution in [2.24, 2.45) is 0 Å². The number of pyridine rings is 1. The van der Waals surface area contributed by atoms with Crippen molar-refractivity contribution in [1.82, 2.24) is 9.97 Å². The number of halogens is 2. The molecular weight excluding hydrogens is 392 g/mol. The van der Waals surface area contributed by atoms with Crippen LogP contribution >= 0.6 is 11.3 Å². The molecule has 0 spiro atoms. The predicted molar refractivity (Wildman–Crippen MR) is 110 cm³/mol. The molecule has 0 N–H and O–H groups in total. The lowest BCUT2D eigenvalue weighted by atomic mass is 10.1. The summed E-state index contributed by atoms with van der Waals surface area (Å²) in [6, 6.07) is 14.2. The van der Waals surface area contributed by atoms with Gasteiger partial charge >= 0.3 is 0 Å². The summed E-state index contributed by atoms with van der Waals surface area (Å²) in [5.74, 6) is -2.23. The summed E-state index contributed by atoms with van der Waals surface area (Å²) in [5.41, 5.74) is 2.33. The highest BCUT2D eigenvalue weighted by atomic mass is 32.1. The first-order valence-electron chi connectivity index (χ1n) is 9.12. The van der Waals surface area contributed by atoms with Crippen LogP contribution in [0.3, 0.4) is 0 Å². The normalized spacial score (nSPS) is 11.0. The topological polar surface area (TPSA) is 46.1 Å². The zero-order chi connectivity index (χ0) is 20.4. The Balaban J connectivity index is 1.81. The van der Waals surface area contributed by atoms with E-state index in [0.29, 0.717) is 16.9 Å². The maximum Gasteiger partial charge on any atom is 0.263 e. The number of thiazole rings is 1. The number of para-hydroxylation sites is 1. The fraction of sp³-hybridized carbons (Fsp3) is 0.136. The van der Waals surface area contributed by atoms with E-state index >= 15 is 0 Å². The molecule has 146 valence electrons. The largest absolute Gasteiger partial charge is 0.278 e. The Bertz CT molecular complexity index is 1180. The van der Waals surface area contributed by atoms with Crippen molar-refractivity contribution in [3.63, 3.8) is 0 Å². The molecule has 4 nitrogen and oxygen atoms in total. The van der Waals surface area contributed by atoms with Gasteiger partial charge in [0.05, 0.1) is 28.0 Å². The first-order valence-corrected chi connectivity index (χ1v) is 9.93. The number of carbonyl (C=O) groups excluding carboxylic acids is 1. The van der Waals surface area contributed by atoms with E-state index in [2.05, 4.69) is 9.97 Å². The third kappa shape index (κ3) is 3.86. The van der Waals surface area contributed by atoms with E-state index in [0.717, 1.165) is 34.3 Å². The van der Waals surface area contributed by atoms with Gasteiger partial charge in [-0.05, 0) is 42.3 Å². The number of carbonyl (C=O) groups is 1. The quantitative estimate of drug-likeness (QED) is 0.445. The molecule has 0 aliphatic carbocycles. The molecule has 2 aromatic heterocycles. The molecule has 2 aromatic carbocycles. The van der Waals surface area contributed by atoms with Crippen LogP contribution in [-0.4, -0.2) is 15.9 Å². The molecule has 0 bridgehead atoms. The smallest absolute Gasteiger partial charge is 0.263 e. The summed E-state index contributed by atoms with van der Waals surface area (Å²) in [5, 5.41) is 0.445. The van der Waals surface area contributed by atoms with Gasteiger partial charge in [0, 0.05) is 12.3 Å². The zero-order valence-electron chi connectivity index (χ0n) is 15.6. The second-order valence-electron chi connectivity index (χ2n) is 6.45. The molecule has 0 aliphatic rings. The Kier molecular flexibility index (Phi) is 5.31. The summed E-state index contributed by atoms with van der Waals surface area (Å²) >= 11 is 1.36. The lowest BCUT2D eigenvalue weighted by Gasteiger charge is -2.20. The van der Waals surface area contributed by atoms with E-state index in [-0.39, 0.29) is 12.1 Å². The summed E-state index contributed by atoms with van der Waals surface area (Å²) in [6.45, 7) is 2.16. The van der Waals surface area contributed by atoms with E-state index in [1.54, 1.807) is 18.3 Å². The van der Waals surface area contributed by atoms with Crippen molar-refractivity contribution in [3.05, 3.63) is 89.2 Å². The number of nitrogens with zero attached hydrogens (tertiary/aromatic N) is 3. The SMILES string of the molecule is CCc1cccc2sc(N(Cc3ccccn3)C(=O)c3ccc(F)cc3F)nc12. The highest BCUT2D eigenvalue weighted by Crippen LogP contribution is 2.33. The van der Waals surface area contributed by atoms with E-state index in [1.807, 2.05) is 31.2 Å². The molecule has 0 fully saturated rings. The maximum absolute atomic E-state index is 14.3. The van der Waals surface area contributed by atoms with Crippen molar-refractivity contribution < 1.29 is 13.6 Å². The highest BCUT2D eigenvalue weighted by molar-refractivity contribution is 7.22. The van der Waals surface area contributed by atoms with Crippen molar-refractivity contribution in [3.8, 4) is 0 Å². The van der Waals surface area contributed by atoms with Gasteiger partial charge < -0.3 is 0 Å². The monoisotopic (exact) mass is 409 g/mol. The molecule has 0 atom stereocenters. The number of hydrogen-bond acceptors (Lipinski definition) is 4. The fourth-order valence-electron chi connectivity index (χ4n) is 3.08. The van der Waals surface area contributed by atoms with Gasteiger partial charge in [-0.15, -0.1) is 0 Å². The summed E-state index contributed by atoms with van der Waals surface area (Å²) in [4.78, 5) is 23.6. The second-order valence-corrected chi connectivity index (χ2v) is 7.46. The van der Waals surface area contributed by atoms with Gasteiger partial charge in [-0.1, -0.05) is 36.5 Å². The van der Waals surface area contributed by atoms with E-state index in [1.165, 1.54) is 16.2 Å². The summed E-state index contributed by atoms with van der Waals surface area (Å²) in [7, 11) is 0. The van der Waals surface area contributed by atoms with Crippen LogP contribution in [-0.2, 0) is 13.0 Å². The lowest BCUT2D eigenvalue weighted by molar-refractivity contribution is 0.0981. The van der Waals surface area contributed by atoms with Gasteiger partial charge in [0.15, 0.2) is 5.13 Å². The molecule has 0 aliphatic heterocycles. The third-order valence-electron chi connectivity index (χ3n) is 4.56. The number of hydrogen-bond donors (Lipinski definition) is 0. The standard InChI is InChI=1S/C22H17F2N3OS/c1-2-14-6-5-8-19-20(14)26-22(29-19)27(13-16-7-3-4-11-25-16)21(28)17-10-9-15(23)12-18(17)24/h3-12H,2,13H2,1H3. The zero-order valence-corrected chi connectivity index (χ0v) is 16.4. The summed E-state index contributed by atoms with van der Waals surface area (Å²) < 4.78 is 28.6. The van der Waals surface area contributed by atoms with Gasteiger partial charge in [0.2, 0.25) is 0 Å². The average Bonchev–Trinajstić information content (AvgIpc) is 3.16. The minimum absolute atomic E-state index is 0.123. The van der Waals surface area contributed by atoms with E-state index in [4.69, 9.17) is 0 Å². The number of rotatable bonds is 5. The molecule has 0 saturated heterocycles. The Hall–Kier alpha value is -3.19. The number of benzene rings is 2. The van der Waals surface area contributed by atoms with Crippen molar-refractivity contribution in [2.75, 3.05) is 4.90 Å². The van der Waals surface area contributed by atoms with Crippen LogP contribution < -0.4 is 4.90 Å². The van der Waals surface area contributed by atoms with E-state index in [9.17, 15) is 13.6 Å². The number of anilines is 1. The Morgan fingerprint density at radius 1 is 1.10 bits per heavy atom. The van der Waals surface area contributed by atoms with Crippen molar-refractivity contribution in [2.45, 2.75) is 19.9 Å². The van der Waals surface area contributed by atoms with Gasteiger partial charge in [0.25, 0.3) is 5.91 Å². The van der Waals surface area contributed by atoms with Crippen LogP contribution in [0.4, 0.5) is 13.9 Å². The van der Waals surface area contributed by atoms with Crippen LogP contribution in [0.1, 0.15) is 28.5 Å². The van der Waals surface area contributed by atoms with E-state index < -0.39 is 17.5 Å². The van der Waals surface area contributed by atoms with Crippen molar-refractivity contribution in [1.29, 1.82) is 0 Å². The van der Waals surface area contributed by atoms with Crippen molar-refractivity contribution >= 4 is 32.6 Å². The second kappa shape index (κ2) is 8.05. The lowest BCUT2D eigenvalue weighted by Crippen LogP contribution is -2.31. The molecule has 0 radical (unpaired) electrons. The van der Waals surface area contributed by atoms with Gasteiger partial charge in [-0.2, -0.15) is 0 Å².